The first kappa shape index (κ1) is 18.3. The molecular formula is C17H14F3N3O2S. The van der Waals surface area contributed by atoms with Gasteiger partial charge in [0.05, 0.1) is 16.3 Å². The van der Waals surface area contributed by atoms with Crippen LogP contribution < -0.4 is 5.73 Å². The molecule has 1 unspecified atom stereocenters. The fourth-order valence-corrected chi connectivity index (χ4v) is 2.93. The maximum Gasteiger partial charge on any atom is 0.435 e. The minimum absolute atomic E-state index is 0.140. The van der Waals surface area contributed by atoms with E-state index in [1.807, 2.05) is 0 Å². The van der Waals surface area contributed by atoms with E-state index in [1.165, 1.54) is 24.3 Å². The third kappa shape index (κ3) is 3.55. The van der Waals surface area contributed by atoms with Gasteiger partial charge in [0, 0.05) is 12.1 Å². The Kier molecular flexibility index (Phi) is 4.94. The molecule has 136 valence electrons. The molecule has 0 bridgehead atoms. The standard InChI is InChI=1S/C17H14F3N3O2S/c18-17(19,20)16-9-15(14-4-2-1-3-11(14)10-21)23(22-16)12-5-7-13(8-6-12)26(24)25/h1-9H,10,21H2,(H,24,25). The molecule has 0 radical (unpaired) electrons. The van der Waals surface area contributed by atoms with Gasteiger partial charge in [0.15, 0.2) is 16.8 Å². The highest BCUT2D eigenvalue weighted by atomic mass is 32.2. The minimum Gasteiger partial charge on any atom is -0.326 e. The van der Waals surface area contributed by atoms with Crippen molar-refractivity contribution in [3.63, 3.8) is 0 Å². The van der Waals surface area contributed by atoms with Gasteiger partial charge < -0.3 is 10.3 Å². The van der Waals surface area contributed by atoms with Gasteiger partial charge in [-0.25, -0.2) is 8.89 Å². The molecule has 3 N–H and O–H groups in total. The Bertz CT molecular complexity index is 953. The van der Waals surface area contributed by atoms with E-state index in [9.17, 15) is 17.4 Å². The molecule has 0 aliphatic rings. The fraction of sp³-hybridized carbons (Fsp3) is 0.118. The van der Waals surface area contributed by atoms with Gasteiger partial charge in [-0.2, -0.15) is 18.3 Å². The van der Waals surface area contributed by atoms with Crippen molar-refractivity contribution in [3.8, 4) is 16.9 Å². The molecule has 0 aliphatic carbocycles. The van der Waals surface area contributed by atoms with Crippen molar-refractivity contribution in [2.45, 2.75) is 17.6 Å². The average Bonchev–Trinajstić information content (AvgIpc) is 3.07. The van der Waals surface area contributed by atoms with Crippen LogP contribution in [0.2, 0.25) is 0 Å². The number of nitrogens with zero attached hydrogens (tertiary/aromatic N) is 2. The van der Waals surface area contributed by atoms with Crippen LogP contribution >= 0.6 is 0 Å². The Morgan fingerprint density at radius 1 is 1.12 bits per heavy atom. The van der Waals surface area contributed by atoms with Gasteiger partial charge in [0.1, 0.15) is 0 Å². The zero-order valence-corrected chi connectivity index (χ0v) is 14.1. The van der Waals surface area contributed by atoms with Crippen LogP contribution in [0.3, 0.4) is 0 Å². The summed E-state index contributed by atoms with van der Waals surface area (Å²) in [6, 6.07) is 13.4. The molecule has 1 aromatic heterocycles. The number of benzene rings is 2. The summed E-state index contributed by atoms with van der Waals surface area (Å²) in [6.07, 6.45) is -4.61. The summed E-state index contributed by atoms with van der Waals surface area (Å²) in [4.78, 5) is 0.140. The zero-order valence-electron chi connectivity index (χ0n) is 13.3. The highest BCUT2D eigenvalue weighted by molar-refractivity contribution is 7.79. The van der Waals surface area contributed by atoms with Gasteiger partial charge in [-0.1, -0.05) is 24.3 Å². The van der Waals surface area contributed by atoms with Crippen LogP contribution in [0.25, 0.3) is 16.9 Å². The highest BCUT2D eigenvalue weighted by Gasteiger charge is 2.35. The van der Waals surface area contributed by atoms with Crippen molar-refractivity contribution < 1.29 is 21.9 Å². The molecule has 3 aromatic rings. The quantitative estimate of drug-likeness (QED) is 0.677. The van der Waals surface area contributed by atoms with Gasteiger partial charge in [0.2, 0.25) is 0 Å². The maximum atomic E-state index is 13.2. The smallest absolute Gasteiger partial charge is 0.326 e. The first-order valence-electron chi connectivity index (χ1n) is 7.48. The lowest BCUT2D eigenvalue weighted by Gasteiger charge is -2.11. The second-order valence-electron chi connectivity index (χ2n) is 5.43. The number of hydrogen-bond acceptors (Lipinski definition) is 3. The molecule has 9 heteroatoms. The predicted octanol–water partition coefficient (Wildman–Crippen LogP) is 3.60. The van der Waals surface area contributed by atoms with Gasteiger partial charge in [0.25, 0.3) is 0 Å². The average molecular weight is 381 g/mol. The molecule has 1 heterocycles. The molecule has 5 nitrogen and oxygen atoms in total. The van der Waals surface area contributed by atoms with Crippen molar-refractivity contribution in [2.75, 3.05) is 0 Å². The normalized spacial score (nSPS) is 13.0. The summed E-state index contributed by atoms with van der Waals surface area (Å²) in [5.74, 6) is 0. The predicted molar refractivity (Wildman–Crippen MR) is 90.9 cm³/mol. The Morgan fingerprint density at radius 3 is 2.35 bits per heavy atom. The van der Waals surface area contributed by atoms with Gasteiger partial charge in [-0.05, 0) is 35.9 Å². The second kappa shape index (κ2) is 7.02. The van der Waals surface area contributed by atoms with Crippen LogP contribution in [0.4, 0.5) is 13.2 Å². The first-order valence-corrected chi connectivity index (χ1v) is 8.59. The first-order chi connectivity index (χ1) is 12.3. The van der Waals surface area contributed by atoms with E-state index in [0.717, 1.165) is 10.7 Å². The second-order valence-corrected chi connectivity index (χ2v) is 6.40. The van der Waals surface area contributed by atoms with Crippen LogP contribution in [0, 0.1) is 0 Å². The van der Waals surface area contributed by atoms with Crippen LogP contribution in [0.5, 0.6) is 0 Å². The van der Waals surface area contributed by atoms with E-state index in [0.29, 0.717) is 16.8 Å². The van der Waals surface area contributed by atoms with E-state index < -0.39 is 23.0 Å². The van der Waals surface area contributed by atoms with Crippen molar-refractivity contribution in [3.05, 3.63) is 65.9 Å². The molecule has 1 atom stereocenters. The van der Waals surface area contributed by atoms with E-state index >= 15 is 0 Å². The molecule has 3 rings (SSSR count). The minimum atomic E-state index is -4.61. The number of rotatable bonds is 4. The molecule has 0 spiro atoms. The third-order valence-electron chi connectivity index (χ3n) is 3.80. The van der Waals surface area contributed by atoms with Crippen LogP contribution in [0.1, 0.15) is 11.3 Å². The topological polar surface area (TPSA) is 81.1 Å². The number of halogens is 3. The third-order valence-corrected chi connectivity index (χ3v) is 4.47. The number of hydrogen-bond donors (Lipinski definition) is 2. The van der Waals surface area contributed by atoms with Crippen molar-refractivity contribution >= 4 is 11.1 Å². The Hall–Kier alpha value is -2.49. The van der Waals surface area contributed by atoms with Crippen molar-refractivity contribution in [2.24, 2.45) is 5.73 Å². The van der Waals surface area contributed by atoms with E-state index in [2.05, 4.69) is 5.10 Å². The highest BCUT2D eigenvalue weighted by Crippen LogP contribution is 2.34. The van der Waals surface area contributed by atoms with Crippen molar-refractivity contribution in [1.82, 2.24) is 9.78 Å². The van der Waals surface area contributed by atoms with E-state index in [-0.39, 0.29) is 17.1 Å². The Labute approximate surface area is 149 Å². The zero-order chi connectivity index (χ0) is 18.9. The Morgan fingerprint density at radius 2 is 1.77 bits per heavy atom. The molecule has 0 saturated carbocycles. The maximum absolute atomic E-state index is 13.2. The van der Waals surface area contributed by atoms with Gasteiger partial charge in [-0.15, -0.1) is 0 Å². The van der Waals surface area contributed by atoms with Crippen LogP contribution in [-0.2, 0) is 23.8 Å². The van der Waals surface area contributed by atoms with E-state index in [4.69, 9.17) is 10.3 Å². The SMILES string of the molecule is NCc1ccccc1-c1cc(C(F)(F)F)nn1-c1ccc(S(=O)O)cc1. The van der Waals surface area contributed by atoms with Crippen LogP contribution in [-0.4, -0.2) is 18.5 Å². The van der Waals surface area contributed by atoms with Crippen molar-refractivity contribution in [1.29, 1.82) is 0 Å². The summed E-state index contributed by atoms with van der Waals surface area (Å²) in [5.41, 5.74) is 6.45. The molecule has 0 saturated heterocycles. The number of nitrogens with two attached hydrogens (primary N) is 1. The Balaban J connectivity index is 2.20. The summed E-state index contributed by atoms with van der Waals surface area (Å²) >= 11 is -2.18. The summed E-state index contributed by atoms with van der Waals surface area (Å²) in [5, 5.41) is 3.69. The van der Waals surface area contributed by atoms with Crippen LogP contribution in [0.15, 0.2) is 59.5 Å². The number of aromatic nitrogens is 2. The lowest BCUT2D eigenvalue weighted by atomic mass is 10.0. The monoisotopic (exact) mass is 381 g/mol. The summed E-state index contributed by atoms with van der Waals surface area (Å²) in [7, 11) is 0. The molecule has 0 fully saturated rings. The lowest BCUT2D eigenvalue weighted by molar-refractivity contribution is -0.141. The molecule has 0 aliphatic heterocycles. The lowest BCUT2D eigenvalue weighted by Crippen LogP contribution is -2.07. The van der Waals surface area contributed by atoms with Gasteiger partial charge in [-0.3, -0.25) is 0 Å². The van der Waals surface area contributed by atoms with Gasteiger partial charge >= 0.3 is 6.18 Å². The molecule has 0 amide bonds. The molecule has 26 heavy (non-hydrogen) atoms. The number of alkyl halides is 3. The van der Waals surface area contributed by atoms with E-state index in [1.54, 1.807) is 24.3 Å². The fourth-order valence-electron chi connectivity index (χ4n) is 2.56. The summed E-state index contributed by atoms with van der Waals surface area (Å²) in [6.45, 7) is 0.158. The largest absolute Gasteiger partial charge is 0.435 e. The summed E-state index contributed by atoms with van der Waals surface area (Å²) < 4.78 is 60.9. The molecule has 2 aromatic carbocycles. The molecular weight excluding hydrogens is 367 g/mol.